The lowest BCUT2D eigenvalue weighted by Gasteiger charge is -2.09. The van der Waals surface area contributed by atoms with Gasteiger partial charge in [-0.3, -0.25) is 0 Å². The predicted molar refractivity (Wildman–Crippen MR) is 67.2 cm³/mol. The molecule has 0 spiro atoms. The highest BCUT2D eigenvalue weighted by molar-refractivity contribution is 6.32. The predicted octanol–water partition coefficient (Wildman–Crippen LogP) is 3.64. The van der Waals surface area contributed by atoms with E-state index in [2.05, 4.69) is 18.6 Å². The van der Waals surface area contributed by atoms with Gasteiger partial charge >= 0.3 is 6.61 Å². The number of nitrogens with two attached hydrogens (primary N) is 1. The van der Waals surface area contributed by atoms with Crippen LogP contribution < -0.4 is 10.5 Å². The van der Waals surface area contributed by atoms with E-state index in [0.29, 0.717) is 18.4 Å². The summed E-state index contributed by atoms with van der Waals surface area (Å²) in [5.41, 5.74) is 6.89. The summed E-state index contributed by atoms with van der Waals surface area (Å²) in [7, 11) is 0. The van der Waals surface area contributed by atoms with E-state index in [0.717, 1.165) is 5.56 Å². The van der Waals surface area contributed by atoms with Crippen LogP contribution in [0, 0.1) is 11.3 Å². The van der Waals surface area contributed by atoms with Crippen LogP contribution >= 0.6 is 11.6 Å². The summed E-state index contributed by atoms with van der Waals surface area (Å²) in [4.78, 5) is 0. The van der Waals surface area contributed by atoms with Gasteiger partial charge in [0, 0.05) is 0 Å². The van der Waals surface area contributed by atoms with Gasteiger partial charge in [-0.2, -0.15) is 8.78 Å². The van der Waals surface area contributed by atoms with Crippen LogP contribution in [0.1, 0.15) is 25.3 Å². The third-order valence-corrected chi connectivity index (χ3v) is 4.13. The molecule has 18 heavy (non-hydrogen) atoms. The highest BCUT2D eigenvalue weighted by Crippen LogP contribution is 2.64. The molecule has 0 unspecified atom stereocenters. The molecule has 0 bridgehead atoms. The molecule has 0 saturated heterocycles. The zero-order chi connectivity index (χ0) is 13.5. The number of hydrogen-bond acceptors (Lipinski definition) is 2. The summed E-state index contributed by atoms with van der Waals surface area (Å²) < 4.78 is 28.5. The molecule has 2 N–H and O–H groups in total. The van der Waals surface area contributed by atoms with E-state index in [-0.39, 0.29) is 16.2 Å². The van der Waals surface area contributed by atoms with E-state index >= 15 is 0 Å². The topological polar surface area (TPSA) is 35.2 Å². The number of benzene rings is 1. The molecular formula is C13H16ClF2NO. The highest BCUT2D eigenvalue weighted by atomic mass is 35.5. The Labute approximate surface area is 110 Å². The van der Waals surface area contributed by atoms with Crippen molar-refractivity contribution < 1.29 is 13.5 Å². The van der Waals surface area contributed by atoms with Crippen LogP contribution in [0.15, 0.2) is 18.2 Å². The molecule has 0 heterocycles. The Bertz CT molecular complexity index is 451. The lowest BCUT2D eigenvalue weighted by atomic mass is 10.0. The standard InChI is InChI=1S/C13H16ClF2NO/c1-13(2)8(6-17)11(13)7-3-4-10(9(14)5-7)18-12(15)16/h3-5,8,11-12H,6,17H2,1-2H3/t8-,11-/m0/s1. The van der Waals surface area contributed by atoms with E-state index in [1.54, 1.807) is 12.1 Å². The van der Waals surface area contributed by atoms with Crippen molar-refractivity contribution in [1.29, 1.82) is 0 Å². The summed E-state index contributed by atoms with van der Waals surface area (Å²) in [6, 6.07) is 4.97. The fraction of sp³-hybridized carbons (Fsp3) is 0.538. The van der Waals surface area contributed by atoms with Crippen molar-refractivity contribution in [3.05, 3.63) is 28.8 Å². The minimum absolute atomic E-state index is 0.0122. The Hall–Kier alpha value is -0.870. The Morgan fingerprint density at radius 3 is 2.56 bits per heavy atom. The van der Waals surface area contributed by atoms with Gasteiger partial charge in [-0.15, -0.1) is 0 Å². The van der Waals surface area contributed by atoms with E-state index in [1.807, 2.05) is 0 Å². The zero-order valence-electron chi connectivity index (χ0n) is 10.3. The molecule has 0 amide bonds. The second-order valence-electron chi connectivity index (χ2n) is 5.21. The van der Waals surface area contributed by atoms with Gasteiger partial charge in [-0.25, -0.2) is 0 Å². The van der Waals surface area contributed by atoms with Crippen molar-refractivity contribution in [3.8, 4) is 5.75 Å². The van der Waals surface area contributed by atoms with Crippen LogP contribution in [0.4, 0.5) is 8.78 Å². The van der Waals surface area contributed by atoms with Crippen LogP contribution in [0.2, 0.25) is 5.02 Å². The SMILES string of the molecule is CC1(C)[C@@H](CN)[C@@H]1c1ccc(OC(F)F)c(Cl)c1. The maximum absolute atomic E-state index is 12.1. The molecule has 1 aromatic carbocycles. The summed E-state index contributed by atoms with van der Waals surface area (Å²) in [5, 5.41) is 0.214. The maximum atomic E-state index is 12.1. The first-order valence-corrected chi connectivity index (χ1v) is 6.20. The monoisotopic (exact) mass is 275 g/mol. The van der Waals surface area contributed by atoms with Crippen molar-refractivity contribution >= 4 is 11.6 Å². The van der Waals surface area contributed by atoms with Gasteiger partial charge in [-0.05, 0) is 41.5 Å². The number of alkyl halides is 2. The van der Waals surface area contributed by atoms with Crippen molar-refractivity contribution in [2.45, 2.75) is 26.4 Å². The molecule has 2 atom stereocenters. The van der Waals surface area contributed by atoms with E-state index < -0.39 is 6.61 Å². The van der Waals surface area contributed by atoms with Crippen LogP contribution in [0.3, 0.4) is 0 Å². The van der Waals surface area contributed by atoms with Crippen molar-refractivity contribution in [1.82, 2.24) is 0 Å². The average molecular weight is 276 g/mol. The minimum Gasteiger partial charge on any atom is -0.433 e. The lowest BCUT2D eigenvalue weighted by Crippen LogP contribution is -2.05. The average Bonchev–Trinajstić information content (AvgIpc) is 2.83. The number of ether oxygens (including phenoxy) is 1. The lowest BCUT2D eigenvalue weighted by molar-refractivity contribution is -0.0497. The first-order chi connectivity index (χ1) is 8.37. The molecule has 1 aromatic rings. The molecule has 1 saturated carbocycles. The first kappa shape index (κ1) is 13.6. The van der Waals surface area contributed by atoms with Gasteiger partial charge in [0.15, 0.2) is 0 Å². The Morgan fingerprint density at radius 1 is 1.44 bits per heavy atom. The molecule has 5 heteroatoms. The molecule has 1 fully saturated rings. The second kappa shape index (κ2) is 4.67. The fourth-order valence-corrected chi connectivity index (χ4v) is 2.98. The second-order valence-corrected chi connectivity index (χ2v) is 5.62. The Balaban J connectivity index is 2.20. The summed E-state index contributed by atoms with van der Waals surface area (Å²) in [6.45, 7) is 2.05. The highest BCUT2D eigenvalue weighted by Gasteiger charge is 2.57. The van der Waals surface area contributed by atoms with Gasteiger partial charge in [0.2, 0.25) is 0 Å². The third-order valence-electron chi connectivity index (χ3n) is 3.84. The first-order valence-electron chi connectivity index (χ1n) is 5.82. The van der Waals surface area contributed by atoms with Crippen molar-refractivity contribution in [2.24, 2.45) is 17.1 Å². The molecule has 0 radical (unpaired) electrons. The summed E-state index contributed by atoms with van der Waals surface area (Å²) >= 11 is 5.94. The third kappa shape index (κ3) is 2.31. The van der Waals surface area contributed by atoms with Crippen molar-refractivity contribution in [2.75, 3.05) is 6.54 Å². The van der Waals surface area contributed by atoms with Gasteiger partial charge in [0.25, 0.3) is 0 Å². The number of hydrogen-bond donors (Lipinski definition) is 1. The Kier molecular flexibility index (Phi) is 3.52. The molecular weight excluding hydrogens is 260 g/mol. The number of halogens is 3. The van der Waals surface area contributed by atoms with Gasteiger partial charge < -0.3 is 10.5 Å². The molecule has 1 aliphatic rings. The largest absolute Gasteiger partial charge is 0.433 e. The molecule has 0 aromatic heterocycles. The minimum atomic E-state index is -2.86. The zero-order valence-corrected chi connectivity index (χ0v) is 11.0. The molecule has 2 nitrogen and oxygen atoms in total. The molecule has 0 aliphatic heterocycles. The summed E-state index contributed by atoms with van der Waals surface area (Å²) in [6.07, 6.45) is 0. The van der Waals surface area contributed by atoms with E-state index in [1.165, 1.54) is 6.07 Å². The van der Waals surface area contributed by atoms with Crippen LogP contribution in [0.25, 0.3) is 0 Å². The Morgan fingerprint density at radius 2 is 2.11 bits per heavy atom. The number of rotatable bonds is 4. The van der Waals surface area contributed by atoms with Gasteiger partial charge in [0.05, 0.1) is 5.02 Å². The fourth-order valence-electron chi connectivity index (χ4n) is 2.75. The quantitative estimate of drug-likeness (QED) is 0.910. The van der Waals surface area contributed by atoms with E-state index in [9.17, 15) is 8.78 Å². The van der Waals surface area contributed by atoms with Gasteiger partial charge in [0.1, 0.15) is 5.75 Å². The molecule has 2 rings (SSSR count). The van der Waals surface area contributed by atoms with E-state index in [4.69, 9.17) is 17.3 Å². The van der Waals surface area contributed by atoms with Crippen LogP contribution in [-0.4, -0.2) is 13.2 Å². The van der Waals surface area contributed by atoms with Crippen LogP contribution in [-0.2, 0) is 0 Å². The normalized spacial score (nSPS) is 25.3. The van der Waals surface area contributed by atoms with Gasteiger partial charge in [-0.1, -0.05) is 31.5 Å². The summed E-state index contributed by atoms with van der Waals surface area (Å²) in [5.74, 6) is 0.759. The smallest absolute Gasteiger partial charge is 0.387 e. The molecule has 100 valence electrons. The van der Waals surface area contributed by atoms with Crippen molar-refractivity contribution in [3.63, 3.8) is 0 Å². The maximum Gasteiger partial charge on any atom is 0.387 e. The van der Waals surface area contributed by atoms with Crippen LogP contribution in [0.5, 0.6) is 5.75 Å². The molecule has 1 aliphatic carbocycles.